The van der Waals surface area contributed by atoms with Gasteiger partial charge >= 0.3 is 0 Å². The van der Waals surface area contributed by atoms with Crippen molar-refractivity contribution in [3.8, 4) is 22.6 Å². The van der Waals surface area contributed by atoms with Crippen LogP contribution in [0.1, 0.15) is 42.8 Å². The molecule has 4 N–H and O–H groups in total. The highest BCUT2D eigenvalue weighted by Gasteiger charge is 2.40. The van der Waals surface area contributed by atoms with Crippen LogP contribution in [-0.4, -0.2) is 54.3 Å². The summed E-state index contributed by atoms with van der Waals surface area (Å²) in [5, 5.41) is 7.09. The first-order valence-corrected chi connectivity index (χ1v) is 14.5. The molecule has 40 heavy (non-hydrogen) atoms. The number of rotatable bonds is 8. The number of primary amides is 1. The second-order valence-electron chi connectivity index (χ2n) is 10.7. The first kappa shape index (κ1) is 26.3. The molecule has 6 rings (SSSR count). The number of amides is 1. The van der Waals surface area contributed by atoms with Crippen LogP contribution in [0.4, 0.5) is 17.3 Å². The highest BCUT2D eigenvalue weighted by atomic mass is 32.1. The van der Waals surface area contributed by atoms with Gasteiger partial charge in [0.2, 0.25) is 5.95 Å². The lowest BCUT2D eigenvalue weighted by Crippen LogP contribution is -2.42. The van der Waals surface area contributed by atoms with Gasteiger partial charge in [-0.2, -0.15) is 0 Å². The van der Waals surface area contributed by atoms with Crippen molar-refractivity contribution in [3.63, 3.8) is 0 Å². The second kappa shape index (κ2) is 10.6. The van der Waals surface area contributed by atoms with Crippen LogP contribution in [0.3, 0.4) is 0 Å². The Morgan fingerprint density at radius 1 is 1.20 bits per heavy atom. The maximum absolute atomic E-state index is 12.4. The van der Waals surface area contributed by atoms with Crippen molar-refractivity contribution in [2.45, 2.75) is 44.8 Å². The number of thiophene rings is 1. The number of ether oxygens (including phenoxy) is 2. The van der Waals surface area contributed by atoms with Gasteiger partial charge in [-0.05, 0) is 57.9 Å². The molecule has 10 heteroatoms. The molecule has 9 nitrogen and oxygen atoms in total. The molecule has 1 unspecified atom stereocenters. The standard InChI is InChI=1S/C30H34N6O3S/c1-18(2)39-23-15-19(36-14-12-30(17-36)11-6-13-33-30)9-10-21(23)34-29-32-16-24-26(35-29)25(27(40-24)28(31)37)20-7-4-5-8-22(20)38-3/h4-5,7-10,15-16,18,33H,6,11-14,17H2,1-3H3,(H2,31,37)(H,32,34,35). The molecule has 1 atom stereocenters. The smallest absolute Gasteiger partial charge is 0.259 e. The van der Waals surface area contributed by atoms with E-state index in [4.69, 9.17) is 20.2 Å². The fourth-order valence-electron chi connectivity index (χ4n) is 5.82. The molecule has 2 saturated heterocycles. The number of nitrogens with zero attached hydrogens (tertiary/aromatic N) is 3. The van der Waals surface area contributed by atoms with Gasteiger partial charge in [0.15, 0.2) is 0 Å². The van der Waals surface area contributed by atoms with E-state index < -0.39 is 5.91 Å². The van der Waals surface area contributed by atoms with Crippen molar-refractivity contribution < 1.29 is 14.3 Å². The maximum Gasteiger partial charge on any atom is 0.259 e. The number of carbonyl (C=O) groups excluding carboxylic acids is 1. The fraction of sp³-hybridized carbons (Fsp3) is 0.367. The van der Waals surface area contributed by atoms with Gasteiger partial charge in [-0.1, -0.05) is 18.2 Å². The average molecular weight is 559 g/mol. The largest absolute Gasteiger partial charge is 0.496 e. The molecule has 0 bridgehead atoms. The zero-order valence-corrected chi connectivity index (χ0v) is 23.8. The van der Waals surface area contributed by atoms with Gasteiger partial charge in [-0.25, -0.2) is 9.97 Å². The van der Waals surface area contributed by atoms with E-state index in [-0.39, 0.29) is 11.6 Å². The number of nitrogens with one attached hydrogen (secondary N) is 2. The van der Waals surface area contributed by atoms with Crippen molar-refractivity contribution in [1.82, 2.24) is 15.3 Å². The Morgan fingerprint density at radius 3 is 2.80 bits per heavy atom. The van der Waals surface area contributed by atoms with Crippen molar-refractivity contribution in [1.29, 1.82) is 0 Å². The highest BCUT2D eigenvalue weighted by Crippen LogP contribution is 2.42. The van der Waals surface area contributed by atoms with E-state index in [0.717, 1.165) is 53.4 Å². The maximum atomic E-state index is 12.4. The molecule has 208 valence electrons. The van der Waals surface area contributed by atoms with E-state index in [0.29, 0.717) is 27.7 Å². The molecule has 2 fully saturated rings. The van der Waals surface area contributed by atoms with Crippen LogP contribution in [0.5, 0.6) is 11.5 Å². The summed E-state index contributed by atoms with van der Waals surface area (Å²) in [5.41, 5.74) is 9.97. The fourth-order valence-corrected chi connectivity index (χ4v) is 6.80. The predicted molar refractivity (Wildman–Crippen MR) is 160 cm³/mol. The Kier molecular flexibility index (Phi) is 6.97. The van der Waals surface area contributed by atoms with Crippen molar-refractivity contribution in [3.05, 3.63) is 53.5 Å². The summed E-state index contributed by atoms with van der Waals surface area (Å²) in [6, 6.07) is 13.8. The number of hydrogen-bond donors (Lipinski definition) is 3. The van der Waals surface area contributed by atoms with Crippen LogP contribution in [-0.2, 0) is 0 Å². The van der Waals surface area contributed by atoms with Gasteiger partial charge in [-0.3, -0.25) is 4.79 Å². The molecule has 4 heterocycles. The van der Waals surface area contributed by atoms with Gasteiger partial charge < -0.3 is 30.7 Å². The summed E-state index contributed by atoms with van der Waals surface area (Å²) in [4.78, 5) is 24.7. The van der Waals surface area contributed by atoms with Gasteiger partial charge in [-0.15, -0.1) is 11.3 Å². The molecule has 0 radical (unpaired) electrons. The van der Waals surface area contributed by atoms with E-state index in [1.807, 2.05) is 44.2 Å². The van der Waals surface area contributed by atoms with Gasteiger partial charge in [0.1, 0.15) is 16.4 Å². The SMILES string of the molecule is COc1ccccc1-c1c(C(N)=O)sc2cnc(Nc3ccc(N4CCC5(CCCN5)C4)cc3OC(C)C)nc12. The monoisotopic (exact) mass is 558 g/mol. The minimum absolute atomic E-state index is 0.00670. The molecule has 2 aromatic heterocycles. The summed E-state index contributed by atoms with van der Waals surface area (Å²) < 4.78 is 12.6. The molecular formula is C30H34N6O3S. The van der Waals surface area contributed by atoms with Gasteiger partial charge in [0, 0.05) is 41.5 Å². The summed E-state index contributed by atoms with van der Waals surface area (Å²) >= 11 is 1.28. The molecule has 2 aliphatic heterocycles. The summed E-state index contributed by atoms with van der Waals surface area (Å²) in [5.74, 6) is 1.26. The highest BCUT2D eigenvalue weighted by molar-refractivity contribution is 7.21. The number of anilines is 3. The number of methoxy groups -OCH3 is 1. The lowest BCUT2D eigenvalue weighted by molar-refractivity contribution is 0.100. The molecule has 0 aliphatic carbocycles. The van der Waals surface area contributed by atoms with Crippen molar-refractivity contribution in [2.75, 3.05) is 37.0 Å². The number of fused-ring (bicyclic) bond motifs is 1. The Morgan fingerprint density at radius 2 is 2.05 bits per heavy atom. The Hall–Kier alpha value is -3.89. The third kappa shape index (κ3) is 4.93. The van der Waals surface area contributed by atoms with Gasteiger partial charge in [0.25, 0.3) is 5.91 Å². The van der Waals surface area contributed by atoms with Crippen molar-refractivity contribution >= 4 is 44.8 Å². The minimum atomic E-state index is -0.516. The Balaban J connectivity index is 1.36. The van der Waals surface area contributed by atoms with Crippen LogP contribution in [0.25, 0.3) is 21.3 Å². The van der Waals surface area contributed by atoms with Crippen LogP contribution in [0.2, 0.25) is 0 Å². The van der Waals surface area contributed by atoms with Crippen molar-refractivity contribution in [2.24, 2.45) is 5.73 Å². The van der Waals surface area contributed by atoms with E-state index in [9.17, 15) is 4.79 Å². The Bertz CT molecular complexity index is 1560. The molecular weight excluding hydrogens is 524 g/mol. The number of aromatic nitrogens is 2. The number of para-hydroxylation sites is 1. The molecule has 2 aliphatic rings. The van der Waals surface area contributed by atoms with Crippen LogP contribution >= 0.6 is 11.3 Å². The first-order valence-electron chi connectivity index (χ1n) is 13.7. The molecule has 4 aromatic rings. The third-order valence-electron chi connectivity index (χ3n) is 7.66. The topological polar surface area (TPSA) is 115 Å². The van der Waals surface area contributed by atoms with E-state index >= 15 is 0 Å². The van der Waals surface area contributed by atoms with E-state index in [1.165, 1.54) is 24.2 Å². The lowest BCUT2D eigenvalue weighted by Gasteiger charge is -2.26. The summed E-state index contributed by atoms with van der Waals surface area (Å²) in [7, 11) is 1.60. The normalized spacial score (nSPS) is 18.6. The number of hydrogen-bond acceptors (Lipinski definition) is 9. The first-order chi connectivity index (χ1) is 19.4. The molecule has 0 saturated carbocycles. The van der Waals surface area contributed by atoms with Crippen LogP contribution in [0, 0.1) is 0 Å². The van der Waals surface area contributed by atoms with E-state index in [2.05, 4.69) is 32.7 Å². The van der Waals surface area contributed by atoms with Crippen LogP contribution < -0.4 is 30.7 Å². The summed E-state index contributed by atoms with van der Waals surface area (Å²) in [6.45, 7) is 7.16. The Labute approximate surface area is 237 Å². The molecule has 1 spiro atoms. The molecule has 1 amide bonds. The predicted octanol–water partition coefficient (Wildman–Crippen LogP) is 5.33. The third-order valence-corrected chi connectivity index (χ3v) is 8.78. The van der Waals surface area contributed by atoms with Crippen LogP contribution in [0.15, 0.2) is 48.7 Å². The average Bonchev–Trinajstić information content (AvgIpc) is 3.68. The van der Waals surface area contributed by atoms with Gasteiger partial charge in [0.05, 0.1) is 35.3 Å². The number of carbonyl (C=O) groups is 1. The quantitative estimate of drug-likeness (QED) is 0.266. The number of nitrogens with two attached hydrogens (primary N) is 1. The number of benzene rings is 2. The second-order valence-corrected chi connectivity index (χ2v) is 11.8. The minimum Gasteiger partial charge on any atom is -0.496 e. The zero-order valence-electron chi connectivity index (χ0n) is 23.0. The summed E-state index contributed by atoms with van der Waals surface area (Å²) in [6.07, 6.45) is 5.34. The zero-order chi connectivity index (χ0) is 27.9. The lowest BCUT2D eigenvalue weighted by atomic mass is 9.97. The van der Waals surface area contributed by atoms with E-state index in [1.54, 1.807) is 13.3 Å². The molecule has 2 aromatic carbocycles.